The molecule has 0 aliphatic heterocycles. The van der Waals surface area contributed by atoms with E-state index in [1.807, 2.05) is 6.92 Å². The smallest absolute Gasteiger partial charge is 0.268 e. The van der Waals surface area contributed by atoms with Crippen molar-refractivity contribution in [1.82, 2.24) is 3.96 Å². The van der Waals surface area contributed by atoms with Gasteiger partial charge in [-0.2, -0.15) is 0 Å². The molecule has 0 aliphatic rings. The standard InChI is InChI=1S/C9H11NOS/c1-4-7-8(5-2)12-10(6-3)9(7)11/h4-5H,1-2,6H2,3H3. The molecule has 2 nitrogen and oxygen atoms in total. The van der Waals surface area contributed by atoms with E-state index >= 15 is 0 Å². The highest BCUT2D eigenvalue weighted by molar-refractivity contribution is 7.07. The first kappa shape index (κ1) is 9.00. The van der Waals surface area contributed by atoms with Gasteiger partial charge in [-0.15, -0.1) is 0 Å². The van der Waals surface area contributed by atoms with Gasteiger partial charge in [0.05, 0.1) is 10.4 Å². The lowest BCUT2D eigenvalue weighted by Crippen LogP contribution is -2.13. The molecule has 0 fully saturated rings. The summed E-state index contributed by atoms with van der Waals surface area (Å²) < 4.78 is 1.69. The average molecular weight is 181 g/mol. The molecule has 0 unspecified atom stereocenters. The Morgan fingerprint density at radius 1 is 1.50 bits per heavy atom. The molecular formula is C9H11NOS. The van der Waals surface area contributed by atoms with Crippen LogP contribution in [0, 0.1) is 0 Å². The monoisotopic (exact) mass is 181 g/mol. The largest absolute Gasteiger partial charge is 0.268 e. The van der Waals surface area contributed by atoms with Crippen molar-refractivity contribution in [3.8, 4) is 0 Å². The Kier molecular flexibility index (Phi) is 2.65. The molecule has 0 aromatic carbocycles. The molecular weight excluding hydrogens is 170 g/mol. The van der Waals surface area contributed by atoms with Gasteiger partial charge in [-0.3, -0.25) is 8.75 Å². The Bertz CT molecular complexity index is 359. The number of hydrogen-bond donors (Lipinski definition) is 0. The van der Waals surface area contributed by atoms with Gasteiger partial charge in [-0.1, -0.05) is 30.8 Å². The molecule has 0 radical (unpaired) electrons. The second-order valence-corrected chi connectivity index (χ2v) is 3.34. The van der Waals surface area contributed by atoms with Crippen LogP contribution in [0.25, 0.3) is 12.2 Å². The van der Waals surface area contributed by atoms with E-state index in [-0.39, 0.29) is 5.56 Å². The van der Waals surface area contributed by atoms with Crippen molar-refractivity contribution in [2.75, 3.05) is 0 Å². The zero-order chi connectivity index (χ0) is 9.14. The quantitative estimate of drug-likeness (QED) is 0.700. The number of nitrogens with zero attached hydrogens (tertiary/aromatic N) is 1. The van der Waals surface area contributed by atoms with Gasteiger partial charge < -0.3 is 0 Å². The van der Waals surface area contributed by atoms with Crippen LogP contribution < -0.4 is 5.56 Å². The summed E-state index contributed by atoms with van der Waals surface area (Å²) in [5.74, 6) is 0. The number of rotatable bonds is 3. The maximum absolute atomic E-state index is 11.5. The lowest BCUT2D eigenvalue weighted by Gasteiger charge is -1.88. The fraction of sp³-hybridized carbons (Fsp3) is 0.222. The lowest BCUT2D eigenvalue weighted by molar-refractivity contribution is 0.809. The normalized spacial score (nSPS) is 9.75. The highest BCUT2D eigenvalue weighted by Gasteiger charge is 2.07. The molecule has 0 saturated carbocycles. The van der Waals surface area contributed by atoms with Crippen molar-refractivity contribution in [3.63, 3.8) is 0 Å². The topological polar surface area (TPSA) is 22.0 Å². The molecule has 3 heteroatoms. The van der Waals surface area contributed by atoms with Crippen LogP contribution >= 0.6 is 11.5 Å². The summed E-state index contributed by atoms with van der Waals surface area (Å²) in [6.45, 7) is 9.88. The molecule has 0 atom stereocenters. The third-order valence-corrected chi connectivity index (χ3v) is 2.84. The van der Waals surface area contributed by atoms with E-state index in [2.05, 4.69) is 13.2 Å². The molecule has 0 aliphatic carbocycles. The first-order valence-electron chi connectivity index (χ1n) is 3.73. The van der Waals surface area contributed by atoms with Crippen molar-refractivity contribution >= 4 is 23.7 Å². The van der Waals surface area contributed by atoms with E-state index in [0.29, 0.717) is 12.1 Å². The van der Waals surface area contributed by atoms with Crippen LogP contribution in [0.5, 0.6) is 0 Å². The maximum atomic E-state index is 11.5. The molecule has 1 rings (SSSR count). The van der Waals surface area contributed by atoms with E-state index in [4.69, 9.17) is 0 Å². The van der Waals surface area contributed by atoms with E-state index in [1.165, 1.54) is 11.5 Å². The summed E-state index contributed by atoms with van der Waals surface area (Å²) in [6.07, 6.45) is 3.28. The lowest BCUT2D eigenvalue weighted by atomic mass is 10.2. The predicted octanol–water partition coefficient (Wildman–Crippen LogP) is 2.22. The number of aryl methyl sites for hydroxylation is 1. The van der Waals surface area contributed by atoms with Crippen LogP contribution in [0.15, 0.2) is 18.0 Å². The van der Waals surface area contributed by atoms with Crippen molar-refractivity contribution in [2.45, 2.75) is 13.5 Å². The minimum Gasteiger partial charge on any atom is -0.268 e. The van der Waals surface area contributed by atoms with Crippen LogP contribution in [0.2, 0.25) is 0 Å². The fourth-order valence-corrected chi connectivity index (χ4v) is 1.88. The first-order chi connectivity index (χ1) is 5.74. The third kappa shape index (κ3) is 1.28. The van der Waals surface area contributed by atoms with Crippen LogP contribution in [0.4, 0.5) is 0 Å². The van der Waals surface area contributed by atoms with E-state index in [0.717, 1.165) is 4.88 Å². The second kappa shape index (κ2) is 3.54. The Balaban J connectivity index is 3.42. The highest BCUT2D eigenvalue weighted by atomic mass is 32.1. The summed E-state index contributed by atoms with van der Waals surface area (Å²) in [5, 5.41) is 0. The van der Waals surface area contributed by atoms with Crippen molar-refractivity contribution < 1.29 is 0 Å². The zero-order valence-corrected chi connectivity index (χ0v) is 7.86. The molecule has 0 amide bonds. The van der Waals surface area contributed by atoms with Gasteiger partial charge in [-0.25, -0.2) is 0 Å². The highest BCUT2D eigenvalue weighted by Crippen LogP contribution is 2.14. The summed E-state index contributed by atoms with van der Waals surface area (Å²) >= 11 is 1.43. The summed E-state index contributed by atoms with van der Waals surface area (Å²) in [7, 11) is 0. The first-order valence-corrected chi connectivity index (χ1v) is 4.51. The van der Waals surface area contributed by atoms with E-state index < -0.39 is 0 Å². The summed E-state index contributed by atoms with van der Waals surface area (Å²) in [4.78, 5) is 12.4. The Morgan fingerprint density at radius 2 is 2.17 bits per heavy atom. The van der Waals surface area contributed by atoms with Gasteiger partial charge in [0, 0.05) is 6.54 Å². The molecule has 64 valence electrons. The van der Waals surface area contributed by atoms with Crippen LogP contribution in [-0.4, -0.2) is 3.96 Å². The zero-order valence-electron chi connectivity index (χ0n) is 7.04. The summed E-state index contributed by atoms with van der Waals surface area (Å²) in [5.41, 5.74) is 0.698. The van der Waals surface area contributed by atoms with E-state index in [9.17, 15) is 4.79 Å². The summed E-state index contributed by atoms with van der Waals surface area (Å²) in [6, 6.07) is 0. The maximum Gasteiger partial charge on any atom is 0.268 e. The fourth-order valence-electron chi connectivity index (χ4n) is 0.992. The number of hydrogen-bond acceptors (Lipinski definition) is 2. The Morgan fingerprint density at radius 3 is 2.50 bits per heavy atom. The van der Waals surface area contributed by atoms with Gasteiger partial charge in [0.2, 0.25) is 0 Å². The molecule has 0 bridgehead atoms. The van der Waals surface area contributed by atoms with Crippen LogP contribution in [0.3, 0.4) is 0 Å². The number of aromatic nitrogens is 1. The molecule has 12 heavy (non-hydrogen) atoms. The molecule has 0 N–H and O–H groups in total. The second-order valence-electron chi connectivity index (χ2n) is 2.28. The molecule has 1 aromatic rings. The minimum atomic E-state index is 0.0346. The molecule has 1 heterocycles. The van der Waals surface area contributed by atoms with Crippen LogP contribution in [0.1, 0.15) is 17.4 Å². The van der Waals surface area contributed by atoms with Gasteiger partial charge in [0.25, 0.3) is 5.56 Å². The van der Waals surface area contributed by atoms with Crippen molar-refractivity contribution in [1.29, 1.82) is 0 Å². The van der Waals surface area contributed by atoms with Crippen molar-refractivity contribution in [3.05, 3.63) is 34.0 Å². The van der Waals surface area contributed by atoms with Gasteiger partial charge in [0.15, 0.2) is 0 Å². The molecule has 1 aromatic heterocycles. The SMILES string of the molecule is C=Cc1sn(CC)c(=O)c1C=C. The Labute approximate surface area is 75.6 Å². The van der Waals surface area contributed by atoms with Crippen LogP contribution in [-0.2, 0) is 6.54 Å². The van der Waals surface area contributed by atoms with Gasteiger partial charge in [0.1, 0.15) is 0 Å². The third-order valence-electron chi connectivity index (χ3n) is 1.61. The van der Waals surface area contributed by atoms with Crippen molar-refractivity contribution in [2.24, 2.45) is 0 Å². The Hall–Kier alpha value is -1.09. The molecule has 0 spiro atoms. The predicted molar refractivity (Wildman–Crippen MR) is 54.4 cm³/mol. The van der Waals surface area contributed by atoms with E-state index in [1.54, 1.807) is 16.1 Å². The minimum absolute atomic E-state index is 0.0346. The average Bonchev–Trinajstić information content (AvgIpc) is 2.41. The molecule has 0 saturated heterocycles. The van der Waals surface area contributed by atoms with Gasteiger partial charge in [-0.05, 0) is 13.0 Å². The van der Waals surface area contributed by atoms with Gasteiger partial charge >= 0.3 is 0 Å².